The average Bonchev–Trinajstić information content (AvgIpc) is 2.66. The fourth-order valence-corrected chi connectivity index (χ4v) is 1.84. The normalized spacial score (nSPS) is 15.3. The highest BCUT2D eigenvalue weighted by molar-refractivity contribution is 9.10. The van der Waals surface area contributed by atoms with Crippen molar-refractivity contribution in [2.45, 2.75) is 19.9 Å². The maximum absolute atomic E-state index is 13.7. The third kappa shape index (κ3) is 2.19. The standard InChI is InChI=1S/C11H13BrFN3/c1-8(2)16-7-15(6-14-16)11-4-3-9(12)5-10(11)13/h3-6,8H,7H2,1-2H3. The van der Waals surface area contributed by atoms with Crippen LogP contribution in [0.3, 0.4) is 0 Å². The number of hydrogen-bond acceptors (Lipinski definition) is 3. The van der Waals surface area contributed by atoms with Crippen molar-refractivity contribution in [3.05, 3.63) is 28.5 Å². The molecule has 0 bridgehead atoms. The Hall–Kier alpha value is -1.10. The SMILES string of the molecule is CC(C)N1CN(c2ccc(Br)cc2F)C=N1. The van der Waals surface area contributed by atoms with Crippen LogP contribution in [-0.4, -0.2) is 24.1 Å². The molecule has 1 aliphatic heterocycles. The molecule has 0 fully saturated rings. The summed E-state index contributed by atoms with van der Waals surface area (Å²) in [6, 6.07) is 5.35. The third-order valence-electron chi connectivity index (χ3n) is 2.45. The molecule has 2 rings (SSSR count). The van der Waals surface area contributed by atoms with Crippen molar-refractivity contribution in [2.24, 2.45) is 5.10 Å². The second-order valence-electron chi connectivity index (χ2n) is 3.97. The van der Waals surface area contributed by atoms with Crippen LogP contribution in [0.4, 0.5) is 10.1 Å². The van der Waals surface area contributed by atoms with Gasteiger partial charge in [-0.1, -0.05) is 15.9 Å². The minimum atomic E-state index is -0.244. The predicted octanol–water partition coefficient (Wildman–Crippen LogP) is 3.02. The summed E-state index contributed by atoms with van der Waals surface area (Å²) < 4.78 is 14.4. The van der Waals surface area contributed by atoms with Gasteiger partial charge >= 0.3 is 0 Å². The van der Waals surface area contributed by atoms with Gasteiger partial charge in [-0.15, -0.1) is 0 Å². The van der Waals surface area contributed by atoms with E-state index in [0.29, 0.717) is 18.4 Å². The van der Waals surface area contributed by atoms with Gasteiger partial charge in [0.15, 0.2) is 0 Å². The van der Waals surface area contributed by atoms with Crippen molar-refractivity contribution in [1.29, 1.82) is 0 Å². The van der Waals surface area contributed by atoms with Gasteiger partial charge in [0.2, 0.25) is 0 Å². The van der Waals surface area contributed by atoms with Gasteiger partial charge in [-0.3, -0.25) is 5.01 Å². The molecule has 0 atom stereocenters. The maximum Gasteiger partial charge on any atom is 0.148 e. The molecular weight excluding hydrogens is 273 g/mol. The van der Waals surface area contributed by atoms with E-state index in [0.717, 1.165) is 4.47 Å². The van der Waals surface area contributed by atoms with Gasteiger partial charge in [-0.25, -0.2) is 4.39 Å². The summed E-state index contributed by atoms with van der Waals surface area (Å²) in [7, 11) is 0. The number of hydrazone groups is 1. The van der Waals surface area contributed by atoms with Gasteiger partial charge in [-0.2, -0.15) is 5.10 Å². The van der Waals surface area contributed by atoms with Crippen molar-refractivity contribution < 1.29 is 4.39 Å². The minimum absolute atomic E-state index is 0.244. The molecular formula is C11H13BrFN3. The van der Waals surface area contributed by atoms with Crippen LogP contribution in [0.1, 0.15) is 13.8 Å². The first-order valence-corrected chi connectivity index (χ1v) is 5.89. The molecule has 0 spiro atoms. The zero-order valence-corrected chi connectivity index (χ0v) is 10.8. The Labute approximate surface area is 103 Å². The Kier molecular flexibility index (Phi) is 3.14. The van der Waals surface area contributed by atoms with Crippen molar-refractivity contribution in [3.8, 4) is 0 Å². The lowest BCUT2D eigenvalue weighted by molar-refractivity contribution is 0.258. The average molecular weight is 286 g/mol. The number of benzene rings is 1. The molecule has 0 radical (unpaired) electrons. The largest absolute Gasteiger partial charge is 0.308 e. The predicted molar refractivity (Wildman–Crippen MR) is 66.9 cm³/mol. The summed E-state index contributed by atoms with van der Waals surface area (Å²) >= 11 is 3.24. The number of nitrogens with zero attached hydrogens (tertiary/aromatic N) is 3. The van der Waals surface area contributed by atoms with Crippen LogP contribution < -0.4 is 4.90 Å². The smallest absolute Gasteiger partial charge is 0.148 e. The van der Waals surface area contributed by atoms with E-state index in [9.17, 15) is 4.39 Å². The second kappa shape index (κ2) is 4.41. The second-order valence-corrected chi connectivity index (χ2v) is 4.89. The summed E-state index contributed by atoms with van der Waals surface area (Å²) in [6.45, 7) is 4.70. The maximum atomic E-state index is 13.7. The summed E-state index contributed by atoms with van der Waals surface area (Å²) in [5, 5.41) is 6.12. The molecule has 0 saturated heterocycles. The van der Waals surface area contributed by atoms with E-state index in [4.69, 9.17) is 0 Å². The highest BCUT2D eigenvalue weighted by Gasteiger charge is 2.19. The Morgan fingerprint density at radius 2 is 2.19 bits per heavy atom. The van der Waals surface area contributed by atoms with E-state index < -0.39 is 0 Å². The zero-order valence-electron chi connectivity index (χ0n) is 9.19. The Balaban J connectivity index is 2.18. The Bertz CT molecular complexity index is 420. The van der Waals surface area contributed by atoms with E-state index >= 15 is 0 Å². The summed E-state index contributed by atoms with van der Waals surface area (Å²) in [6.07, 6.45) is 1.66. The Morgan fingerprint density at radius 3 is 2.75 bits per heavy atom. The number of hydrogen-bond donors (Lipinski definition) is 0. The van der Waals surface area contributed by atoms with Gasteiger partial charge in [0, 0.05) is 10.5 Å². The lowest BCUT2D eigenvalue weighted by Crippen LogP contribution is -2.31. The van der Waals surface area contributed by atoms with E-state index in [1.165, 1.54) is 6.07 Å². The fraction of sp³-hybridized carbons (Fsp3) is 0.364. The number of rotatable bonds is 2. The molecule has 5 heteroatoms. The van der Waals surface area contributed by atoms with Crippen LogP contribution in [0.15, 0.2) is 27.8 Å². The summed E-state index contributed by atoms with van der Waals surface area (Å²) in [5.74, 6) is -0.244. The molecule has 3 nitrogen and oxygen atoms in total. The van der Waals surface area contributed by atoms with Gasteiger partial charge in [0.25, 0.3) is 0 Å². The molecule has 1 heterocycles. The molecule has 0 N–H and O–H groups in total. The molecule has 1 aromatic rings. The monoisotopic (exact) mass is 285 g/mol. The topological polar surface area (TPSA) is 18.8 Å². The molecule has 86 valence electrons. The van der Waals surface area contributed by atoms with Crippen LogP contribution in [0, 0.1) is 5.82 Å². The molecule has 1 aromatic carbocycles. The summed E-state index contributed by atoms with van der Waals surface area (Å²) in [4.78, 5) is 1.79. The van der Waals surface area contributed by atoms with Gasteiger partial charge in [0.05, 0.1) is 5.69 Å². The van der Waals surface area contributed by atoms with Gasteiger partial charge in [-0.05, 0) is 32.0 Å². The molecule has 0 aliphatic carbocycles. The summed E-state index contributed by atoms with van der Waals surface area (Å²) in [5.41, 5.74) is 0.551. The number of halogens is 2. The van der Waals surface area contributed by atoms with Crippen molar-refractivity contribution in [1.82, 2.24) is 5.01 Å². The first kappa shape index (κ1) is 11.4. The van der Waals surface area contributed by atoms with Gasteiger partial charge in [0.1, 0.15) is 18.8 Å². The molecule has 16 heavy (non-hydrogen) atoms. The van der Waals surface area contributed by atoms with Crippen LogP contribution in [0.2, 0.25) is 0 Å². The quantitative estimate of drug-likeness (QED) is 0.832. The third-order valence-corrected chi connectivity index (χ3v) is 2.95. The van der Waals surface area contributed by atoms with Crippen LogP contribution in [-0.2, 0) is 0 Å². The fourth-order valence-electron chi connectivity index (χ4n) is 1.51. The van der Waals surface area contributed by atoms with E-state index in [-0.39, 0.29) is 5.82 Å². The minimum Gasteiger partial charge on any atom is -0.308 e. The first-order valence-electron chi connectivity index (χ1n) is 5.10. The number of anilines is 1. The molecule has 0 unspecified atom stereocenters. The molecule has 0 aromatic heterocycles. The van der Waals surface area contributed by atoms with Crippen molar-refractivity contribution in [3.63, 3.8) is 0 Å². The highest BCUT2D eigenvalue weighted by Crippen LogP contribution is 2.24. The lowest BCUT2D eigenvalue weighted by Gasteiger charge is -2.22. The van der Waals surface area contributed by atoms with Gasteiger partial charge < -0.3 is 4.90 Å². The lowest BCUT2D eigenvalue weighted by atomic mass is 10.3. The molecule has 0 saturated carbocycles. The first-order chi connectivity index (χ1) is 7.58. The molecule has 0 amide bonds. The van der Waals surface area contributed by atoms with E-state index in [1.54, 1.807) is 17.3 Å². The van der Waals surface area contributed by atoms with Crippen LogP contribution >= 0.6 is 15.9 Å². The van der Waals surface area contributed by atoms with Crippen molar-refractivity contribution >= 4 is 28.0 Å². The van der Waals surface area contributed by atoms with E-state index in [1.807, 2.05) is 11.1 Å². The molecule has 1 aliphatic rings. The highest BCUT2D eigenvalue weighted by atomic mass is 79.9. The van der Waals surface area contributed by atoms with Crippen molar-refractivity contribution in [2.75, 3.05) is 11.6 Å². The van der Waals surface area contributed by atoms with Crippen LogP contribution in [0.5, 0.6) is 0 Å². The zero-order chi connectivity index (χ0) is 11.7. The van der Waals surface area contributed by atoms with E-state index in [2.05, 4.69) is 34.9 Å². The van der Waals surface area contributed by atoms with Crippen LogP contribution in [0.25, 0.3) is 0 Å². The Morgan fingerprint density at radius 1 is 1.44 bits per heavy atom.